The molecule has 0 unspecified atom stereocenters. The van der Waals surface area contributed by atoms with Crippen LogP contribution in [0.15, 0.2) is 47.4 Å². The molecule has 3 rings (SSSR count). The first-order valence-electron chi connectivity index (χ1n) is 9.50. The normalized spacial score (nSPS) is 13.2. The van der Waals surface area contributed by atoms with Crippen LogP contribution in [0.1, 0.15) is 29.3 Å². The minimum absolute atomic E-state index is 0.0272. The number of thioether (sulfide) groups is 1. The third kappa shape index (κ3) is 5.56. The molecule has 0 aliphatic carbocycles. The van der Waals surface area contributed by atoms with E-state index in [1.807, 2.05) is 12.1 Å². The van der Waals surface area contributed by atoms with E-state index in [2.05, 4.69) is 0 Å². The summed E-state index contributed by atoms with van der Waals surface area (Å²) in [4.78, 5) is 25.3. The number of anilines is 1. The van der Waals surface area contributed by atoms with Crippen LogP contribution < -0.4 is 4.31 Å². The SMILES string of the molecule is CCS(=O)(=O)N1CCc2cc(C(=O)COC(=O)CCSc3ccc(Cl)cc3)ccc21. The van der Waals surface area contributed by atoms with Gasteiger partial charge in [-0.1, -0.05) is 11.6 Å². The molecule has 0 saturated carbocycles. The molecule has 2 aromatic carbocycles. The fourth-order valence-corrected chi connectivity index (χ4v) is 5.19. The average Bonchev–Trinajstić information content (AvgIpc) is 3.17. The number of hydrogen-bond donors (Lipinski definition) is 0. The number of halogens is 1. The molecule has 0 aromatic heterocycles. The Bertz CT molecular complexity index is 1040. The van der Waals surface area contributed by atoms with Gasteiger partial charge in [0, 0.05) is 27.8 Å². The van der Waals surface area contributed by atoms with Gasteiger partial charge in [0.25, 0.3) is 0 Å². The topological polar surface area (TPSA) is 80.8 Å². The van der Waals surface area contributed by atoms with Crippen LogP contribution in [0.3, 0.4) is 0 Å². The van der Waals surface area contributed by atoms with Crippen LogP contribution in [-0.4, -0.2) is 44.8 Å². The Kier molecular flexibility index (Phi) is 7.44. The lowest BCUT2D eigenvalue weighted by molar-refractivity contribution is -0.141. The number of ether oxygens (including phenoxy) is 1. The summed E-state index contributed by atoms with van der Waals surface area (Å²) in [5.74, 6) is -0.186. The molecule has 0 N–H and O–H groups in total. The smallest absolute Gasteiger partial charge is 0.307 e. The largest absolute Gasteiger partial charge is 0.457 e. The molecule has 0 atom stereocenters. The number of rotatable bonds is 9. The van der Waals surface area contributed by atoms with Gasteiger partial charge in [-0.3, -0.25) is 13.9 Å². The summed E-state index contributed by atoms with van der Waals surface area (Å²) in [5, 5.41) is 0.656. The Balaban J connectivity index is 1.49. The number of Topliss-reactive ketones (excluding diaryl/α,β-unsaturated/α-hetero) is 1. The second-order valence-corrected chi connectivity index (χ2v) is 10.5. The van der Waals surface area contributed by atoms with Gasteiger partial charge in [-0.25, -0.2) is 8.42 Å². The first kappa shape index (κ1) is 22.7. The molecule has 1 aliphatic heterocycles. The molecule has 1 aliphatic rings. The van der Waals surface area contributed by atoms with Crippen molar-refractivity contribution in [1.82, 2.24) is 0 Å². The maximum atomic E-state index is 12.4. The minimum Gasteiger partial charge on any atom is -0.457 e. The van der Waals surface area contributed by atoms with Gasteiger partial charge in [0.15, 0.2) is 12.4 Å². The lowest BCUT2D eigenvalue weighted by atomic mass is 10.1. The van der Waals surface area contributed by atoms with Crippen molar-refractivity contribution in [2.24, 2.45) is 0 Å². The number of fused-ring (bicyclic) bond motifs is 1. The number of hydrogen-bond acceptors (Lipinski definition) is 6. The highest BCUT2D eigenvalue weighted by Crippen LogP contribution is 2.31. The zero-order valence-corrected chi connectivity index (χ0v) is 18.9. The predicted molar refractivity (Wildman–Crippen MR) is 119 cm³/mol. The van der Waals surface area contributed by atoms with E-state index in [4.69, 9.17) is 16.3 Å². The van der Waals surface area contributed by atoms with E-state index in [9.17, 15) is 18.0 Å². The number of benzene rings is 2. The number of nitrogens with zero attached hydrogens (tertiary/aromatic N) is 1. The minimum atomic E-state index is -3.33. The fourth-order valence-electron chi connectivity index (χ4n) is 3.07. The van der Waals surface area contributed by atoms with Crippen LogP contribution in [-0.2, 0) is 26.0 Å². The average molecular weight is 468 g/mol. The molecule has 0 amide bonds. The van der Waals surface area contributed by atoms with Gasteiger partial charge in [-0.05, 0) is 61.4 Å². The van der Waals surface area contributed by atoms with Gasteiger partial charge in [0.05, 0.1) is 17.9 Å². The summed E-state index contributed by atoms with van der Waals surface area (Å²) in [6, 6.07) is 12.2. The number of carbonyl (C=O) groups excluding carboxylic acids is 2. The Morgan fingerprint density at radius 1 is 1.17 bits per heavy atom. The van der Waals surface area contributed by atoms with Crippen LogP contribution in [0.5, 0.6) is 0 Å². The van der Waals surface area contributed by atoms with E-state index in [1.54, 1.807) is 37.3 Å². The van der Waals surface area contributed by atoms with Gasteiger partial charge in [0.2, 0.25) is 10.0 Å². The summed E-state index contributed by atoms with van der Waals surface area (Å²) in [5.41, 5.74) is 1.83. The third-order valence-corrected chi connectivity index (χ3v) is 7.75. The molecule has 30 heavy (non-hydrogen) atoms. The zero-order valence-electron chi connectivity index (χ0n) is 16.5. The van der Waals surface area contributed by atoms with Crippen molar-refractivity contribution in [2.75, 3.05) is 29.0 Å². The molecular weight excluding hydrogens is 446 g/mol. The Morgan fingerprint density at radius 3 is 2.60 bits per heavy atom. The molecular formula is C21H22ClNO5S2. The van der Waals surface area contributed by atoms with Gasteiger partial charge in [-0.15, -0.1) is 11.8 Å². The second kappa shape index (κ2) is 9.85. The lowest BCUT2D eigenvalue weighted by Crippen LogP contribution is -2.30. The predicted octanol–water partition coefficient (Wildman–Crippen LogP) is 3.96. The summed E-state index contributed by atoms with van der Waals surface area (Å²) < 4.78 is 30.8. The third-order valence-electron chi connectivity index (χ3n) is 4.71. The van der Waals surface area contributed by atoms with Crippen LogP contribution in [0, 0.1) is 0 Å². The monoisotopic (exact) mass is 467 g/mol. The van der Waals surface area contributed by atoms with Crippen molar-refractivity contribution >= 4 is 50.8 Å². The number of carbonyl (C=O) groups is 2. The van der Waals surface area contributed by atoms with Crippen molar-refractivity contribution < 1.29 is 22.7 Å². The van der Waals surface area contributed by atoms with E-state index in [0.29, 0.717) is 35.0 Å². The van der Waals surface area contributed by atoms with Crippen molar-refractivity contribution in [3.63, 3.8) is 0 Å². The number of sulfonamides is 1. The lowest BCUT2D eigenvalue weighted by Gasteiger charge is -2.18. The van der Waals surface area contributed by atoms with Crippen molar-refractivity contribution in [3.8, 4) is 0 Å². The van der Waals surface area contributed by atoms with Crippen molar-refractivity contribution in [1.29, 1.82) is 0 Å². The van der Waals surface area contributed by atoms with Gasteiger partial charge < -0.3 is 4.74 Å². The molecule has 9 heteroatoms. The molecule has 160 valence electrons. The maximum absolute atomic E-state index is 12.4. The number of ketones is 1. The van der Waals surface area contributed by atoms with Crippen LogP contribution >= 0.6 is 23.4 Å². The molecule has 0 bridgehead atoms. The van der Waals surface area contributed by atoms with E-state index >= 15 is 0 Å². The highest BCUT2D eigenvalue weighted by molar-refractivity contribution is 7.99. The molecule has 2 aromatic rings. The van der Waals surface area contributed by atoms with E-state index < -0.39 is 16.0 Å². The van der Waals surface area contributed by atoms with Crippen LogP contribution in [0.25, 0.3) is 0 Å². The maximum Gasteiger partial charge on any atom is 0.307 e. The standard InChI is InChI=1S/C21H22ClNO5S2/c1-2-30(26,27)23-11-9-15-13-16(3-8-19(15)23)20(24)14-28-21(25)10-12-29-18-6-4-17(22)5-7-18/h3-8,13H,2,9-12,14H2,1H3. The quantitative estimate of drug-likeness (QED) is 0.315. The molecule has 0 spiro atoms. The Hall–Kier alpha value is -2.03. The molecule has 1 heterocycles. The highest BCUT2D eigenvalue weighted by atomic mass is 35.5. The molecule has 0 saturated heterocycles. The second-order valence-electron chi connectivity index (χ2n) is 6.70. The first-order chi connectivity index (χ1) is 14.3. The van der Waals surface area contributed by atoms with Crippen LogP contribution in [0.2, 0.25) is 5.02 Å². The Morgan fingerprint density at radius 2 is 1.90 bits per heavy atom. The van der Waals surface area contributed by atoms with E-state index in [-0.39, 0.29) is 24.6 Å². The highest BCUT2D eigenvalue weighted by Gasteiger charge is 2.28. The fraction of sp³-hybridized carbons (Fsp3) is 0.333. The van der Waals surface area contributed by atoms with Gasteiger partial charge in [-0.2, -0.15) is 0 Å². The van der Waals surface area contributed by atoms with E-state index in [1.165, 1.54) is 16.1 Å². The molecule has 6 nitrogen and oxygen atoms in total. The van der Waals surface area contributed by atoms with Gasteiger partial charge >= 0.3 is 5.97 Å². The summed E-state index contributed by atoms with van der Waals surface area (Å²) in [7, 11) is -3.33. The molecule has 0 radical (unpaired) electrons. The molecule has 0 fully saturated rings. The van der Waals surface area contributed by atoms with Crippen LogP contribution in [0.4, 0.5) is 5.69 Å². The first-order valence-corrected chi connectivity index (χ1v) is 12.5. The zero-order chi connectivity index (χ0) is 21.7. The Labute approximate surface area is 185 Å². The summed E-state index contributed by atoms with van der Waals surface area (Å²) in [6.07, 6.45) is 0.742. The van der Waals surface area contributed by atoms with E-state index in [0.717, 1.165) is 10.5 Å². The summed E-state index contributed by atoms with van der Waals surface area (Å²) in [6.45, 7) is 1.65. The summed E-state index contributed by atoms with van der Waals surface area (Å²) >= 11 is 7.35. The van der Waals surface area contributed by atoms with Gasteiger partial charge in [0.1, 0.15) is 0 Å². The number of esters is 1. The van der Waals surface area contributed by atoms with Crippen molar-refractivity contribution in [2.45, 2.75) is 24.7 Å². The van der Waals surface area contributed by atoms with Crippen molar-refractivity contribution in [3.05, 3.63) is 58.6 Å².